The summed E-state index contributed by atoms with van der Waals surface area (Å²) in [6.45, 7) is 0. The Morgan fingerprint density at radius 3 is 2.09 bits per heavy atom. The summed E-state index contributed by atoms with van der Waals surface area (Å²) in [5.41, 5.74) is -1.20. The van der Waals surface area contributed by atoms with Gasteiger partial charge in [-0.15, -0.1) is 0 Å². The van der Waals surface area contributed by atoms with Crippen LogP contribution < -0.4 is 0 Å². The summed E-state index contributed by atoms with van der Waals surface area (Å²) in [5.74, 6) is -1.03. The Kier molecular flexibility index (Phi) is 1.76. The zero-order valence-corrected chi connectivity index (χ0v) is 5.06. The van der Waals surface area contributed by atoms with Crippen LogP contribution in [0.15, 0.2) is 12.4 Å². The fraction of sp³-hybridized carbons (Fsp3) is 0.200. The lowest BCUT2D eigenvalue weighted by atomic mass is 10.4. The van der Waals surface area contributed by atoms with Crippen molar-refractivity contribution in [3.63, 3.8) is 0 Å². The van der Waals surface area contributed by atoms with Crippen LogP contribution in [0.2, 0.25) is 0 Å². The normalized spacial score (nSPS) is 11.6. The highest BCUT2D eigenvalue weighted by Gasteiger charge is 2.32. The first-order valence-corrected chi connectivity index (χ1v) is 2.55. The van der Waals surface area contributed by atoms with E-state index in [-0.39, 0.29) is 0 Å². The second-order valence-electron chi connectivity index (χ2n) is 1.72. The molecule has 0 atom stereocenters. The van der Waals surface area contributed by atoms with Crippen molar-refractivity contribution in [1.29, 1.82) is 0 Å². The largest absolute Gasteiger partial charge is 0.434 e. The lowest BCUT2D eigenvalue weighted by molar-refractivity contribution is -0.141. The Labute approximate surface area is 58.9 Å². The van der Waals surface area contributed by atoms with E-state index in [1.54, 1.807) is 0 Å². The molecule has 0 aliphatic heterocycles. The van der Waals surface area contributed by atoms with Gasteiger partial charge in [-0.25, -0.2) is 9.97 Å². The van der Waals surface area contributed by atoms with E-state index in [0.29, 0.717) is 12.4 Å². The molecule has 1 rings (SSSR count). The first-order valence-electron chi connectivity index (χ1n) is 2.55. The Morgan fingerprint density at radius 1 is 1.09 bits per heavy atom. The molecule has 0 aromatic carbocycles. The SMILES string of the molecule is Fc1cnc(C(F)(F)F)cn1. The monoisotopic (exact) mass is 166 g/mol. The van der Waals surface area contributed by atoms with Crippen molar-refractivity contribution < 1.29 is 17.6 Å². The van der Waals surface area contributed by atoms with Crippen molar-refractivity contribution in [3.05, 3.63) is 24.0 Å². The predicted octanol–water partition coefficient (Wildman–Crippen LogP) is 1.63. The van der Waals surface area contributed by atoms with Crippen molar-refractivity contribution >= 4 is 0 Å². The molecule has 0 N–H and O–H groups in total. The van der Waals surface area contributed by atoms with E-state index in [0.717, 1.165) is 0 Å². The minimum Gasteiger partial charge on any atom is -0.245 e. The van der Waals surface area contributed by atoms with Crippen LogP contribution in [0.3, 0.4) is 0 Å². The fourth-order valence-electron chi connectivity index (χ4n) is 0.459. The van der Waals surface area contributed by atoms with Crippen LogP contribution in [0, 0.1) is 5.95 Å². The van der Waals surface area contributed by atoms with Gasteiger partial charge in [0, 0.05) is 0 Å². The average molecular weight is 166 g/mol. The van der Waals surface area contributed by atoms with E-state index in [1.165, 1.54) is 0 Å². The maximum atomic E-state index is 11.9. The molecule has 0 saturated carbocycles. The van der Waals surface area contributed by atoms with Gasteiger partial charge in [-0.3, -0.25) is 0 Å². The number of alkyl halides is 3. The van der Waals surface area contributed by atoms with Gasteiger partial charge >= 0.3 is 6.18 Å². The van der Waals surface area contributed by atoms with Crippen LogP contribution in [0.4, 0.5) is 17.6 Å². The Bertz CT molecular complexity index is 240. The van der Waals surface area contributed by atoms with Gasteiger partial charge in [0.15, 0.2) is 5.69 Å². The van der Waals surface area contributed by atoms with E-state index >= 15 is 0 Å². The summed E-state index contributed by atoms with van der Waals surface area (Å²) in [6, 6.07) is 0. The zero-order chi connectivity index (χ0) is 8.48. The van der Waals surface area contributed by atoms with Crippen molar-refractivity contribution in [2.24, 2.45) is 0 Å². The third kappa shape index (κ3) is 1.86. The summed E-state index contributed by atoms with van der Waals surface area (Å²) in [5, 5.41) is 0. The molecular weight excluding hydrogens is 164 g/mol. The second kappa shape index (κ2) is 2.44. The van der Waals surface area contributed by atoms with Crippen LogP contribution in [0.1, 0.15) is 5.69 Å². The topological polar surface area (TPSA) is 25.8 Å². The summed E-state index contributed by atoms with van der Waals surface area (Å²) in [6.07, 6.45) is -3.79. The lowest BCUT2D eigenvalue weighted by Crippen LogP contribution is -2.08. The van der Waals surface area contributed by atoms with Gasteiger partial charge in [0.2, 0.25) is 5.95 Å². The number of rotatable bonds is 0. The molecule has 0 aliphatic carbocycles. The Hall–Kier alpha value is -1.20. The van der Waals surface area contributed by atoms with Crippen LogP contribution in [-0.2, 0) is 6.18 Å². The molecule has 0 aliphatic rings. The zero-order valence-electron chi connectivity index (χ0n) is 5.06. The van der Waals surface area contributed by atoms with Crippen LogP contribution in [0.5, 0.6) is 0 Å². The number of hydrogen-bond acceptors (Lipinski definition) is 2. The number of hydrogen-bond donors (Lipinski definition) is 0. The predicted molar refractivity (Wildman–Crippen MR) is 27.0 cm³/mol. The molecule has 2 nitrogen and oxygen atoms in total. The van der Waals surface area contributed by atoms with Gasteiger partial charge in [0.1, 0.15) is 0 Å². The Balaban J connectivity index is 2.99. The van der Waals surface area contributed by atoms with Crippen molar-refractivity contribution in [2.45, 2.75) is 6.18 Å². The highest BCUT2D eigenvalue weighted by atomic mass is 19.4. The molecule has 0 unspecified atom stereocenters. The minimum absolute atomic E-state index is 0.343. The highest BCUT2D eigenvalue weighted by molar-refractivity contribution is 4.99. The van der Waals surface area contributed by atoms with Gasteiger partial charge < -0.3 is 0 Å². The third-order valence-corrected chi connectivity index (χ3v) is 0.911. The van der Waals surface area contributed by atoms with E-state index in [4.69, 9.17) is 0 Å². The van der Waals surface area contributed by atoms with E-state index in [2.05, 4.69) is 9.97 Å². The molecule has 11 heavy (non-hydrogen) atoms. The summed E-state index contributed by atoms with van der Waals surface area (Å²) >= 11 is 0. The van der Waals surface area contributed by atoms with Gasteiger partial charge in [-0.05, 0) is 0 Å². The summed E-state index contributed by atoms with van der Waals surface area (Å²) in [7, 11) is 0. The lowest BCUT2D eigenvalue weighted by Gasteiger charge is -2.02. The second-order valence-corrected chi connectivity index (χ2v) is 1.72. The first kappa shape index (κ1) is 7.90. The maximum absolute atomic E-state index is 11.9. The van der Waals surface area contributed by atoms with Gasteiger partial charge in [-0.1, -0.05) is 0 Å². The van der Waals surface area contributed by atoms with Crippen molar-refractivity contribution in [1.82, 2.24) is 9.97 Å². The molecule has 0 spiro atoms. The van der Waals surface area contributed by atoms with E-state index < -0.39 is 17.8 Å². The molecule has 0 fully saturated rings. The van der Waals surface area contributed by atoms with Gasteiger partial charge in [0.25, 0.3) is 0 Å². The fourth-order valence-corrected chi connectivity index (χ4v) is 0.459. The van der Waals surface area contributed by atoms with Crippen molar-refractivity contribution in [3.8, 4) is 0 Å². The van der Waals surface area contributed by atoms with Gasteiger partial charge in [-0.2, -0.15) is 17.6 Å². The van der Waals surface area contributed by atoms with E-state index in [9.17, 15) is 17.6 Å². The summed E-state index contributed by atoms with van der Waals surface area (Å²) < 4.78 is 47.0. The standard InChI is InChI=1S/C5H2F4N2/c6-4-2-10-3(1-11-4)5(7,8)9/h1-2H. The maximum Gasteiger partial charge on any atom is 0.434 e. The molecule has 0 saturated heterocycles. The number of nitrogens with zero attached hydrogens (tertiary/aromatic N) is 2. The molecule has 1 aromatic heterocycles. The third-order valence-electron chi connectivity index (χ3n) is 0.911. The molecule has 1 heterocycles. The van der Waals surface area contributed by atoms with Crippen LogP contribution in [0.25, 0.3) is 0 Å². The minimum atomic E-state index is -4.55. The summed E-state index contributed by atoms with van der Waals surface area (Å²) in [4.78, 5) is 5.58. The molecule has 6 heteroatoms. The molecule has 0 amide bonds. The average Bonchev–Trinajstić information content (AvgIpc) is 1.86. The molecule has 0 radical (unpaired) electrons. The quantitative estimate of drug-likeness (QED) is 0.547. The van der Waals surface area contributed by atoms with Crippen LogP contribution >= 0.6 is 0 Å². The number of aromatic nitrogens is 2. The Morgan fingerprint density at radius 2 is 1.73 bits per heavy atom. The van der Waals surface area contributed by atoms with Gasteiger partial charge in [0.05, 0.1) is 12.4 Å². The molecular formula is C5H2F4N2. The smallest absolute Gasteiger partial charge is 0.245 e. The van der Waals surface area contributed by atoms with Crippen LogP contribution in [-0.4, -0.2) is 9.97 Å². The number of halogens is 4. The van der Waals surface area contributed by atoms with E-state index in [1.807, 2.05) is 0 Å². The first-order chi connectivity index (χ1) is 5.00. The molecule has 0 bridgehead atoms. The van der Waals surface area contributed by atoms with Crippen molar-refractivity contribution in [2.75, 3.05) is 0 Å². The molecule has 60 valence electrons. The molecule has 1 aromatic rings. The highest BCUT2D eigenvalue weighted by Crippen LogP contribution is 2.26.